The molecule has 5 heteroatoms. The number of nitrogens with one attached hydrogen (secondary N) is 1. The molecular formula is C23H31N5. The molecule has 3 aromatic rings. The summed E-state index contributed by atoms with van der Waals surface area (Å²) < 4.78 is 2.34. The van der Waals surface area contributed by atoms with E-state index in [4.69, 9.17) is 4.98 Å². The average molecular weight is 378 g/mol. The van der Waals surface area contributed by atoms with Crippen LogP contribution in [0.3, 0.4) is 0 Å². The van der Waals surface area contributed by atoms with Crippen molar-refractivity contribution in [3.8, 4) is 0 Å². The highest BCUT2D eigenvalue weighted by molar-refractivity contribution is 5.80. The third-order valence-electron chi connectivity index (χ3n) is 7.05. The Morgan fingerprint density at radius 3 is 2.71 bits per heavy atom. The molecule has 0 bridgehead atoms. The lowest BCUT2D eigenvalue weighted by Gasteiger charge is -2.50. The molecule has 0 atom stereocenters. The first-order valence-electron chi connectivity index (χ1n) is 10.8. The first-order valence-corrected chi connectivity index (χ1v) is 10.8. The lowest BCUT2D eigenvalue weighted by Crippen LogP contribution is -2.56. The molecule has 0 amide bonds. The van der Waals surface area contributed by atoms with Crippen LogP contribution in [-0.2, 0) is 25.0 Å². The number of likely N-dealkylation sites (N-methyl/N-ethyl adjacent to an activating group) is 1. The summed E-state index contributed by atoms with van der Waals surface area (Å²) in [6, 6.07) is 9.18. The van der Waals surface area contributed by atoms with Gasteiger partial charge in [-0.3, -0.25) is 9.80 Å². The zero-order chi connectivity index (χ0) is 19.1. The van der Waals surface area contributed by atoms with Crippen LogP contribution in [-0.4, -0.2) is 50.5 Å². The van der Waals surface area contributed by atoms with Gasteiger partial charge in [-0.1, -0.05) is 19.1 Å². The molecule has 1 N–H and O–H groups in total. The van der Waals surface area contributed by atoms with Gasteiger partial charge in [0.25, 0.3) is 0 Å². The van der Waals surface area contributed by atoms with Crippen molar-refractivity contribution in [2.75, 3.05) is 26.2 Å². The number of likely N-dealkylation sites (tertiary alicyclic amines) is 1. The number of aryl methyl sites for hydroxylation is 1. The molecule has 28 heavy (non-hydrogen) atoms. The summed E-state index contributed by atoms with van der Waals surface area (Å²) in [6.45, 7) is 11.1. The van der Waals surface area contributed by atoms with Gasteiger partial charge in [-0.05, 0) is 49.4 Å². The molecule has 148 valence electrons. The summed E-state index contributed by atoms with van der Waals surface area (Å²) in [4.78, 5) is 13.5. The number of nitrogens with zero attached hydrogens (tertiary/aromatic N) is 4. The highest BCUT2D eigenvalue weighted by Crippen LogP contribution is 2.42. The van der Waals surface area contributed by atoms with E-state index < -0.39 is 0 Å². The Hall–Kier alpha value is -2.11. The molecule has 2 aromatic heterocycles. The van der Waals surface area contributed by atoms with E-state index in [9.17, 15) is 0 Å². The average Bonchev–Trinajstić information content (AvgIpc) is 3.37. The van der Waals surface area contributed by atoms with Crippen molar-refractivity contribution in [3.05, 3.63) is 53.7 Å². The predicted molar refractivity (Wildman–Crippen MR) is 113 cm³/mol. The number of piperidine rings is 1. The van der Waals surface area contributed by atoms with Crippen molar-refractivity contribution in [1.29, 1.82) is 0 Å². The quantitative estimate of drug-likeness (QED) is 0.753. The first kappa shape index (κ1) is 18.0. The van der Waals surface area contributed by atoms with E-state index in [1.807, 2.05) is 6.33 Å². The topological polar surface area (TPSA) is 40.1 Å². The van der Waals surface area contributed by atoms with E-state index in [0.29, 0.717) is 0 Å². The zero-order valence-electron chi connectivity index (χ0n) is 17.1. The van der Waals surface area contributed by atoms with Gasteiger partial charge in [-0.2, -0.15) is 0 Å². The van der Waals surface area contributed by atoms with Crippen molar-refractivity contribution in [1.82, 2.24) is 24.3 Å². The molecular weight excluding hydrogens is 346 g/mol. The van der Waals surface area contributed by atoms with E-state index >= 15 is 0 Å². The molecule has 0 saturated carbocycles. The number of hydrogen-bond acceptors (Lipinski definition) is 3. The van der Waals surface area contributed by atoms with Crippen molar-refractivity contribution in [2.24, 2.45) is 0 Å². The number of aromatic amines is 1. The highest BCUT2D eigenvalue weighted by Gasteiger charge is 2.45. The van der Waals surface area contributed by atoms with Crippen molar-refractivity contribution >= 4 is 10.9 Å². The summed E-state index contributed by atoms with van der Waals surface area (Å²) in [5.74, 6) is 0. The van der Waals surface area contributed by atoms with E-state index in [1.165, 1.54) is 40.7 Å². The van der Waals surface area contributed by atoms with Crippen LogP contribution >= 0.6 is 0 Å². The van der Waals surface area contributed by atoms with Gasteiger partial charge in [-0.15, -0.1) is 0 Å². The van der Waals surface area contributed by atoms with Crippen LogP contribution in [0.5, 0.6) is 0 Å². The smallest absolute Gasteiger partial charge is 0.0926 e. The second-order valence-corrected chi connectivity index (χ2v) is 8.36. The molecule has 4 heterocycles. The number of rotatable bonds is 4. The molecule has 1 aromatic carbocycles. The second kappa shape index (κ2) is 7.05. The van der Waals surface area contributed by atoms with Crippen LogP contribution in [0.25, 0.3) is 10.9 Å². The molecule has 1 fully saturated rings. The normalized spacial score (nSPS) is 20.1. The molecule has 5 rings (SSSR count). The van der Waals surface area contributed by atoms with Gasteiger partial charge >= 0.3 is 0 Å². The minimum absolute atomic E-state index is 0.139. The van der Waals surface area contributed by atoms with Crippen LogP contribution in [0, 0.1) is 0 Å². The lowest BCUT2D eigenvalue weighted by atomic mass is 9.78. The minimum atomic E-state index is 0.139. The van der Waals surface area contributed by atoms with Gasteiger partial charge in [-0.25, -0.2) is 4.98 Å². The van der Waals surface area contributed by atoms with Crippen molar-refractivity contribution in [3.63, 3.8) is 0 Å². The SMILES string of the molecule is CCN1CCc2[nH]cnc2C12CCN(Cc1ccc3ccn(CC)c3c1)CC2. The fourth-order valence-electron chi connectivity index (χ4n) is 5.48. The van der Waals surface area contributed by atoms with E-state index in [1.54, 1.807) is 0 Å². The van der Waals surface area contributed by atoms with Crippen LogP contribution in [0.2, 0.25) is 0 Å². The Morgan fingerprint density at radius 1 is 1.07 bits per heavy atom. The van der Waals surface area contributed by atoms with E-state index in [0.717, 1.165) is 45.7 Å². The number of fused-ring (bicyclic) bond motifs is 3. The Kier molecular flexibility index (Phi) is 4.52. The number of hydrogen-bond donors (Lipinski definition) is 1. The number of imidazole rings is 1. The standard InChI is InChI=1S/C23H31N5/c1-3-27-11-7-19-6-5-18(15-21(19)27)16-26-13-9-23(10-14-26)22-20(24-17-25-22)8-12-28(23)4-2/h5-7,11,15,17H,3-4,8-10,12-14,16H2,1-2H3,(H,24,25). The molecule has 0 aliphatic carbocycles. The maximum Gasteiger partial charge on any atom is 0.0926 e. The largest absolute Gasteiger partial charge is 0.348 e. The zero-order valence-corrected chi connectivity index (χ0v) is 17.1. The van der Waals surface area contributed by atoms with Crippen molar-refractivity contribution in [2.45, 2.75) is 51.7 Å². The van der Waals surface area contributed by atoms with Crippen molar-refractivity contribution < 1.29 is 0 Å². The molecule has 5 nitrogen and oxygen atoms in total. The summed E-state index contributed by atoms with van der Waals surface area (Å²) in [5.41, 5.74) is 5.61. The molecule has 2 aliphatic rings. The Morgan fingerprint density at radius 2 is 1.93 bits per heavy atom. The Bertz CT molecular complexity index is 960. The van der Waals surface area contributed by atoms with Gasteiger partial charge in [0.2, 0.25) is 0 Å². The monoisotopic (exact) mass is 377 g/mol. The number of aromatic nitrogens is 3. The van der Waals surface area contributed by atoms with E-state index in [-0.39, 0.29) is 5.54 Å². The van der Waals surface area contributed by atoms with Crippen LogP contribution in [0.4, 0.5) is 0 Å². The third kappa shape index (κ3) is 2.80. The maximum atomic E-state index is 4.77. The van der Waals surface area contributed by atoms with Crippen LogP contribution in [0.1, 0.15) is 43.6 Å². The van der Waals surface area contributed by atoms with Gasteiger partial charge in [0.05, 0.1) is 17.6 Å². The van der Waals surface area contributed by atoms with E-state index in [2.05, 4.69) is 63.7 Å². The number of H-pyrrole nitrogens is 1. The Balaban J connectivity index is 1.34. The fraction of sp³-hybridized carbons (Fsp3) is 0.522. The fourth-order valence-corrected chi connectivity index (χ4v) is 5.48. The van der Waals surface area contributed by atoms with Gasteiger partial charge in [0.1, 0.15) is 0 Å². The van der Waals surface area contributed by atoms with Crippen LogP contribution < -0.4 is 0 Å². The van der Waals surface area contributed by atoms with Gasteiger partial charge < -0.3 is 9.55 Å². The van der Waals surface area contributed by atoms with Crippen LogP contribution in [0.15, 0.2) is 36.8 Å². The molecule has 0 unspecified atom stereocenters. The summed E-state index contributed by atoms with van der Waals surface area (Å²) in [6.07, 6.45) is 7.54. The number of benzene rings is 1. The maximum absolute atomic E-state index is 4.77. The molecule has 0 radical (unpaired) electrons. The Labute approximate surface area is 167 Å². The molecule has 1 spiro atoms. The molecule has 2 aliphatic heterocycles. The first-order chi connectivity index (χ1) is 13.7. The van der Waals surface area contributed by atoms with Gasteiger partial charge in [0.15, 0.2) is 0 Å². The lowest BCUT2D eigenvalue weighted by molar-refractivity contribution is 0.00710. The summed E-state index contributed by atoms with van der Waals surface area (Å²) >= 11 is 0. The molecule has 1 saturated heterocycles. The third-order valence-corrected chi connectivity index (χ3v) is 7.05. The van der Waals surface area contributed by atoms with Gasteiger partial charge in [0, 0.05) is 56.6 Å². The highest BCUT2D eigenvalue weighted by atomic mass is 15.3. The minimum Gasteiger partial charge on any atom is -0.348 e. The second-order valence-electron chi connectivity index (χ2n) is 8.36. The predicted octanol–water partition coefficient (Wildman–Crippen LogP) is 3.75. The summed E-state index contributed by atoms with van der Waals surface area (Å²) in [7, 11) is 0. The summed E-state index contributed by atoms with van der Waals surface area (Å²) in [5, 5.41) is 1.34.